The fraction of sp³-hybridized carbons (Fsp3) is 0.263. The molecule has 1 aromatic carbocycles. The van der Waals surface area contributed by atoms with Crippen LogP contribution < -0.4 is 4.90 Å². The molecule has 6 nitrogen and oxygen atoms in total. The smallest absolute Gasteiger partial charge is 0.339 e. The van der Waals surface area contributed by atoms with Crippen molar-refractivity contribution in [1.82, 2.24) is 4.98 Å². The fourth-order valence-electron chi connectivity index (χ4n) is 2.91. The van der Waals surface area contributed by atoms with Crippen LogP contribution in [0.2, 0.25) is 0 Å². The first-order valence-electron chi connectivity index (χ1n) is 8.13. The van der Waals surface area contributed by atoms with Gasteiger partial charge in [-0.05, 0) is 37.1 Å². The SMILES string of the molecule is CCOC(=O)c1cncc(CC2CC(=O)N(c3ccccc3)C2=O)c1. The zero-order valence-electron chi connectivity index (χ0n) is 13.8. The van der Waals surface area contributed by atoms with Gasteiger partial charge in [-0.1, -0.05) is 18.2 Å². The predicted molar refractivity (Wildman–Crippen MR) is 90.9 cm³/mol. The van der Waals surface area contributed by atoms with E-state index in [1.807, 2.05) is 6.07 Å². The number of rotatable bonds is 5. The number of nitrogens with zero attached hydrogens (tertiary/aromatic N) is 2. The van der Waals surface area contributed by atoms with Crippen LogP contribution in [0.4, 0.5) is 5.69 Å². The molecule has 0 N–H and O–H groups in total. The average Bonchev–Trinajstić information content (AvgIpc) is 2.89. The van der Waals surface area contributed by atoms with Gasteiger partial charge in [-0.15, -0.1) is 0 Å². The third-order valence-corrected chi connectivity index (χ3v) is 4.04. The van der Waals surface area contributed by atoms with Gasteiger partial charge in [0.05, 0.1) is 23.8 Å². The van der Waals surface area contributed by atoms with Gasteiger partial charge in [-0.3, -0.25) is 19.5 Å². The van der Waals surface area contributed by atoms with Crippen LogP contribution in [0.25, 0.3) is 0 Å². The summed E-state index contributed by atoms with van der Waals surface area (Å²) in [5.41, 5.74) is 1.65. The van der Waals surface area contributed by atoms with Crippen LogP contribution in [-0.4, -0.2) is 29.4 Å². The number of carbonyl (C=O) groups is 3. The number of aromatic nitrogens is 1. The lowest BCUT2D eigenvalue weighted by atomic mass is 9.98. The van der Waals surface area contributed by atoms with Gasteiger partial charge in [0.1, 0.15) is 0 Å². The summed E-state index contributed by atoms with van der Waals surface area (Å²) >= 11 is 0. The number of para-hydroxylation sites is 1. The van der Waals surface area contributed by atoms with Crippen LogP contribution in [-0.2, 0) is 20.7 Å². The van der Waals surface area contributed by atoms with Crippen molar-refractivity contribution in [3.63, 3.8) is 0 Å². The summed E-state index contributed by atoms with van der Waals surface area (Å²) in [5.74, 6) is -1.34. The minimum absolute atomic E-state index is 0.150. The van der Waals surface area contributed by atoms with E-state index in [1.54, 1.807) is 43.5 Å². The monoisotopic (exact) mass is 338 g/mol. The quantitative estimate of drug-likeness (QED) is 0.618. The number of hydrogen-bond donors (Lipinski definition) is 0. The Morgan fingerprint density at radius 1 is 1.24 bits per heavy atom. The molecule has 0 spiro atoms. The Morgan fingerprint density at radius 2 is 2.00 bits per heavy atom. The lowest BCUT2D eigenvalue weighted by Crippen LogP contribution is -2.30. The van der Waals surface area contributed by atoms with Crippen molar-refractivity contribution in [2.75, 3.05) is 11.5 Å². The second-order valence-corrected chi connectivity index (χ2v) is 5.81. The van der Waals surface area contributed by atoms with Crippen molar-refractivity contribution >= 4 is 23.5 Å². The molecule has 1 atom stereocenters. The van der Waals surface area contributed by atoms with Gasteiger partial charge >= 0.3 is 5.97 Å². The molecule has 1 unspecified atom stereocenters. The van der Waals surface area contributed by atoms with E-state index in [-0.39, 0.29) is 24.8 Å². The normalized spacial score (nSPS) is 17.0. The Balaban J connectivity index is 1.76. The third kappa shape index (κ3) is 3.57. The molecule has 1 fully saturated rings. The lowest BCUT2D eigenvalue weighted by Gasteiger charge is -2.15. The van der Waals surface area contributed by atoms with E-state index in [0.29, 0.717) is 17.7 Å². The molecule has 3 rings (SSSR count). The highest BCUT2D eigenvalue weighted by atomic mass is 16.5. The summed E-state index contributed by atoms with van der Waals surface area (Å²) in [6.45, 7) is 2.01. The molecule has 6 heteroatoms. The van der Waals surface area contributed by atoms with E-state index in [0.717, 1.165) is 5.56 Å². The maximum atomic E-state index is 12.6. The van der Waals surface area contributed by atoms with Crippen LogP contribution in [0.15, 0.2) is 48.8 Å². The number of amides is 2. The topological polar surface area (TPSA) is 76.6 Å². The molecular formula is C19H18N2O4. The minimum atomic E-state index is -0.452. The second kappa shape index (κ2) is 7.25. The van der Waals surface area contributed by atoms with Gasteiger partial charge in [0.15, 0.2) is 0 Å². The van der Waals surface area contributed by atoms with Crippen LogP contribution >= 0.6 is 0 Å². The number of esters is 1. The van der Waals surface area contributed by atoms with E-state index in [4.69, 9.17) is 4.74 Å². The van der Waals surface area contributed by atoms with Crippen molar-refractivity contribution in [2.45, 2.75) is 19.8 Å². The molecule has 25 heavy (non-hydrogen) atoms. The Bertz CT molecular complexity index is 804. The van der Waals surface area contributed by atoms with Crippen molar-refractivity contribution in [1.29, 1.82) is 0 Å². The Hall–Kier alpha value is -3.02. The lowest BCUT2D eigenvalue weighted by molar-refractivity contribution is -0.122. The number of ether oxygens (including phenoxy) is 1. The third-order valence-electron chi connectivity index (χ3n) is 4.04. The molecule has 2 amide bonds. The highest BCUT2D eigenvalue weighted by Crippen LogP contribution is 2.28. The Morgan fingerprint density at radius 3 is 2.72 bits per heavy atom. The van der Waals surface area contributed by atoms with Crippen LogP contribution in [0.5, 0.6) is 0 Å². The van der Waals surface area contributed by atoms with Gasteiger partial charge in [-0.2, -0.15) is 0 Å². The number of benzene rings is 1. The largest absolute Gasteiger partial charge is 0.462 e. The highest BCUT2D eigenvalue weighted by Gasteiger charge is 2.39. The molecular weight excluding hydrogens is 320 g/mol. The maximum Gasteiger partial charge on any atom is 0.339 e. The molecule has 1 aromatic heterocycles. The van der Waals surface area contributed by atoms with Crippen LogP contribution in [0.1, 0.15) is 29.3 Å². The van der Waals surface area contributed by atoms with Crippen LogP contribution in [0.3, 0.4) is 0 Å². The molecule has 0 aliphatic carbocycles. The summed E-state index contributed by atoms with van der Waals surface area (Å²) in [5, 5.41) is 0. The number of carbonyl (C=O) groups excluding carboxylic acids is 3. The summed E-state index contributed by atoms with van der Waals surface area (Å²) < 4.78 is 4.96. The van der Waals surface area contributed by atoms with E-state index < -0.39 is 11.9 Å². The Kier molecular flexibility index (Phi) is 4.88. The molecule has 0 saturated carbocycles. The van der Waals surface area contributed by atoms with Crippen molar-refractivity contribution in [2.24, 2.45) is 5.92 Å². The van der Waals surface area contributed by atoms with Crippen molar-refractivity contribution in [3.05, 3.63) is 59.9 Å². The molecule has 128 valence electrons. The highest BCUT2D eigenvalue weighted by molar-refractivity contribution is 6.20. The summed E-state index contributed by atoms with van der Waals surface area (Å²) in [6, 6.07) is 10.5. The maximum absolute atomic E-state index is 12.6. The van der Waals surface area contributed by atoms with Gasteiger partial charge in [0, 0.05) is 18.8 Å². The molecule has 0 bridgehead atoms. The number of hydrogen-bond acceptors (Lipinski definition) is 5. The molecule has 1 aliphatic rings. The number of imide groups is 1. The van der Waals surface area contributed by atoms with Gasteiger partial charge in [0.25, 0.3) is 0 Å². The molecule has 2 aromatic rings. The molecule has 1 saturated heterocycles. The Labute approximate surface area is 145 Å². The van der Waals surface area contributed by atoms with Gasteiger partial charge in [-0.25, -0.2) is 4.79 Å². The molecule has 1 aliphatic heterocycles. The molecule has 0 radical (unpaired) electrons. The minimum Gasteiger partial charge on any atom is -0.462 e. The summed E-state index contributed by atoms with van der Waals surface area (Å²) in [7, 11) is 0. The fourth-order valence-corrected chi connectivity index (χ4v) is 2.91. The average molecular weight is 338 g/mol. The van der Waals surface area contributed by atoms with E-state index in [1.165, 1.54) is 11.1 Å². The zero-order chi connectivity index (χ0) is 17.8. The molecule has 2 heterocycles. The van der Waals surface area contributed by atoms with Crippen molar-refractivity contribution in [3.8, 4) is 0 Å². The first-order chi connectivity index (χ1) is 12.1. The predicted octanol–water partition coefficient (Wildman–Crippen LogP) is 2.38. The van der Waals surface area contributed by atoms with Crippen molar-refractivity contribution < 1.29 is 19.1 Å². The summed E-state index contributed by atoms with van der Waals surface area (Å²) in [4.78, 5) is 42.0. The van der Waals surface area contributed by atoms with E-state index in [9.17, 15) is 14.4 Å². The standard InChI is InChI=1S/C19H18N2O4/c1-2-25-19(24)15-9-13(11-20-12-15)8-14-10-17(22)21(18(14)23)16-6-4-3-5-7-16/h3-7,9,11-12,14H,2,8,10H2,1H3. The van der Waals surface area contributed by atoms with Gasteiger partial charge in [0.2, 0.25) is 11.8 Å². The number of anilines is 1. The van der Waals surface area contributed by atoms with Crippen LogP contribution in [0, 0.1) is 5.92 Å². The number of pyridine rings is 1. The first kappa shape index (κ1) is 16.8. The van der Waals surface area contributed by atoms with Gasteiger partial charge < -0.3 is 4.74 Å². The van der Waals surface area contributed by atoms with E-state index in [2.05, 4.69) is 4.98 Å². The first-order valence-corrected chi connectivity index (χ1v) is 8.13. The summed E-state index contributed by atoms with van der Waals surface area (Å²) in [6.07, 6.45) is 3.54. The second-order valence-electron chi connectivity index (χ2n) is 5.81. The zero-order valence-corrected chi connectivity index (χ0v) is 13.8. The van der Waals surface area contributed by atoms with E-state index >= 15 is 0 Å².